The van der Waals surface area contributed by atoms with Crippen molar-refractivity contribution in [3.05, 3.63) is 23.0 Å². The van der Waals surface area contributed by atoms with Gasteiger partial charge in [-0.25, -0.2) is 0 Å². The molecule has 0 aromatic carbocycles. The number of nitrogens with zero attached hydrogens (tertiary/aromatic N) is 3. The van der Waals surface area contributed by atoms with Crippen LogP contribution in [0, 0.1) is 13.8 Å². The summed E-state index contributed by atoms with van der Waals surface area (Å²) in [5.74, 6) is 0.154. The highest BCUT2D eigenvalue weighted by atomic mass is 16.3. The van der Waals surface area contributed by atoms with Crippen molar-refractivity contribution in [1.82, 2.24) is 14.4 Å². The lowest BCUT2D eigenvalue weighted by Crippen LogP contribution is -2.53. The fraction of sp³-hybridized carbons (Fsp3) is 0.737. The molecule has 134 valence electrons. The maximum Gasteiger partial charge on any atom is 0.255 e. The molecule has 1 saturated carbocycles. The van der Waals surface area contributed by atoms with Crippen LogP contribution in [0.15, 0.2) is 6.07 Å². The van der Waals surface area contributed by atoms with Crippen LogP contribution in [0.2, 0.25) is 0 Å². The molecule has 3 rings (SSSR count). The second-order valence-corrected chi connectivity index (χ2v) is 7.64. The zero-order valence-electron chi connectivity index (χ0n) is 15.5. The van der Waals surface area contributed by atoms with Crippen LogP contribution in [0.25, 0.3) is 0 Å². The smallest absolute Gasteiger partial charge is 0.255 e. The molecular weight excluding hydrogens is 302 g/mol. The second-order valence-electron chi connectivity index (χ2n) is 7.64. The molecule has 1 aromatic heterocycles. The number of carbonyl (C=O) groups excluding carboxylic acids is 1. The molecule has 2 heterocycles. The molecule has 0 spiro atoms. The summed E-state index contributed by atoms with van der Waals surface area (Å²) in [4.78, 5) is 17.3. The number of rotatable bonds is 3. The van der Waals surface area contributed by atoms with Crippen LogP contribution in [0.5, 0.6) is 0 Å². The largest absolute Gasteiger partial charge is 0.391 e. The van der Waals surface area contributed by atoms with Crippen molar-refractivity contribution in [3.63, 3.8) is 0 Å². The first-order valence-electron chi connectivity index (χ1n) is 9.30. The van der Waals surface area contributed by atoms with Crippen molar-refractivity contribution in [2.45, 2.75) is 65.1 Å². The van der Waals surface area contributed by atoms with E-state index in [1.54, 1.807) is 0 Å². The Balaban J connectivity index is 1.66. The lowest BCUT2D eigenvalue weighted by Gasteiger charge is -2.39. The molecule has 1 aromatic rings. The van der Waals surface area contributed by atoms with E-state index in [1.807, 2.05) is 17.9 Å². The first kappa shape index (κ1) is 17.5. The number of aryl methyl sites for hydroxylation is 1. The number of aliphatic hydroxyl groups is 1. The van der Waals surface area contributed by atoms with Crippen molar-refractivity contribution >= 4 is 5.91 Å². The molecule has 5 heteroatoms. The minimum Gasteiger partial charge on any atom is -0.391 e. The topological polar surface area (TPSA) is 48.7 Å². The van der Waals surface area contributed by atoms with E-state index >= 15 is 0 Å². The number of hydrogen-bond acceptors (Lipinski definition) is 3. The van der Waals surface area contributed by atoms with Crippen molar-refractivity contribution < 1.29 is 9.90 Å². The zero-order chi connectivity index (χ0) is 17.4. The average molecular weight is 333 g/mol. The van der Waals surface area contributed by atoms with Gasteiger partial charge in [-0.15, -0.1) is 0 Å². The lowest BCUT2D eigenvalue weighted by molar-refractivity contribution is 0.0315. The predicted molar refractivity (Wildman–Crippen MR) is 95.4 cm³/mol. The first-order chi connectivity index (χ1) is 11.4. The van der Waals surface area contributed by atoms with Gasteiger partial charge in [0.1, 0.15) is 0 Å². The molecule has 1 saturated heterocycles. The van der Waals surface area contributed by atoms with E-state index in [-0.39, 0.29) is 12.0 Å². The Morgan fingerprint density at radius 3 is 2.33 bits per heavy atom. The van der Waals surface area contributed by atoms with Gasteiger partial charge < -0.3 is 14.6 Å². The van der Waals surface area contributed by atoms with E-state index in [9.17, 15) is 9.90 Å². The van der Waals surface area contributed by atoms with Gasteiger partial charge in [0.05, 0.1) is 11.7 Å². The van der Waals surface area contributed by atoms with E-state index in [0.29, 0.717) is 12.1 Å². The summed E-state index contributed by atoms with van der Waals surface area (Å²) in [5, 5.41) is 10.1. The van der Waals surface area contributed by atoms with Crippen molar-refractivity contribution in [1.29, 1.82) is 0 Å². The van der Waals surface area contributed by atoms with Gasteiger partial charge in [0.2, 0.25) is 0 Å². The van der Waals surface area contributed by atoms with Gasteiger partial charge in [0, 0.05) is 49.7 Å². The van der Waals surface area contributed by atoms with E-state index in [2.05, 4.69) is 30.2 Å². The summed E-state index contributed by atoms with van der Waals surface area (Å²) in [5.41, 5.74) is 3.07. The standard InChI is InChI=1S/C19H31N3O2/c1-13(2)22-14(3)12-16(15(22)4)19(24)21-10-8-20(9-11-21)17-6-5-7-18(17)23/h12-13,17-18,23H,5-11H2,1-4H3/t17-,18+/m1/s1. The molecule has 2 fully saturated rings. The van der Waals surface area contributed by atoms with Crippen molar-refractivity contribution in [2.75, 3.05) is 26.2 Å². The van der Waals surface area contributed by atoms with E-state index in [1.165, 1.54) is 0 Å². The minimum atomic E-state index is -0.183. The van der Waals surface area contributed by atoms with Gasteiger partial charge in [0.15, 0.2) is 0 Å². The fourth-order valence-corrected chi connectivity index (χ4v) is 4.56. The second kappa shape index (κ2) is 6.89. The molecular formula is C19H31N3O2. The molecule has 2 aliphatic rings. The quantitative estimate of drug-likeness (QED) is 0.924. The predicted octanol–water partition coefficient (Wildman–Crippen LogP) is 2.36. The molecule has 5 nitrogen and oxygen atoms in total. The maximum atomic E-state index is 12.9. The van der Waals surface area contributed by atoms with E-state index < -0.39 is 0 Å². The van der Waals surface area contributed by atoms with Gasteiger partial charge in [-0.05, 0) is 53.0 Å². The van der Waals surface area contributed by atoms with Gasteiger partial charge in [-0.2, -0.15) is 0 Å². The molecule has 0 radical (unpaired) electrons. The summed E-state index contributed by atoms with van der Waals surface area (Å²) in [6.07, 6.45) is 2.94. The maximum absolute atomic E-state index is 12.9. The Hall–Kier alpha value is -1.33. The highest BCUT2D eigenvalue weighted by Gasteiger charge is 2.34. The van der Waals surface area contributed by atoms with Crippen molar-refractivity contribution in [2.24, 2.45) is 0 Å². The molecule has 0 bridgehead atoms. The lowest BCUT2D eigenvalue weighted by atomic mass is 10.1. The number of aliphatic hydroxyl groups excluding tert-OH is 1. The number of amides is 1. The number of hydrogen-bond donors (Lipinski definition) is 1. The van der Waals surface area contributed by atoms with Gasteiger partial charge >= 0.3 is 0 Å². The Morgan fingerprint density at radius 2 is 1.83 bits per heavy atom. The molecule has 24 heavy (non-hydrogen) atoms. The molecule has 1 N–H and O–H groups in total. The van der Waals surface area contributed by atoms with Gasteiger partial charge in [0.25, 0.3) is 5.91 Å². The van der Waals surface area contributed by atoms with Gasteiger partial charge in [-0.1, -0.05) is 0 Å². The van der Waals surface area contributed by atoms with Crippen LogP contribution in [-0.2, 0) is 0 Å². The van der Waals surface area contributed by atoms with Crippen LogP contribution in [0.1, 0.15) is 60.9 Å². The normalized spacial score (nSPS) is 25.7. The SMILES string of the molecule is Cc1cc(C(=O)N2CCN([C@@H]3CCC[C@@H]3O)CC2)c(C)n1C(C)C. The molecule has 1 aliphatic carbocycles. The highest BCUT2D eigenvalue weighted by molar-refractivity contribution is 5.95. The third-order valence-electron chi connectivity index (χ3n) is 5.75. The van der Waals surface area contributed by atoms with Crippen LogP contribution < -0.4 is 0 Å². The fourth-order valence-electron chi connectivity index (χ4n) is 4.56. The average Bonchev–Trinajstić information content (AvgIpc) is 3.10. The third kappa shape index (κ3) is 3.11. The summed E-state index contributed by atoms with van der Waals surface area (Å²) < 4.78 is 2.23. The Bertz CT molecular complexity index is 600. The first-order valence-corrected chi connectivity index (χ1v) is 9.30. The zero-order valence-corrected chi connectivity index (χ0v) is 15.5. The van der Waals surface area contributed by atoms with Gasteiger partial charge in [-0.3, -0.25) is 9.69 Å². The molecule has 0 unspecified atom stereocenters. The van der Waals surface area contributed by atoms with Crippen LogP contribution in [-0.4, -0.2) is 63.7 Å². The summed E-state index contributed by atoms with van der Waals surface area (Å²) in [7, 11) is 0. The van der Waals surface area contributed by atoms with Crippen LogP contribution >= 0.6 is 0 Å². The number of aromatic nitrogens is 1. The molecule has 1 aliphatic heterocycles. The number of carbonyl (C=O) groups is 1. The Kier molecular flexibility index (Phi) is 5.02. The highest BCUT2D eigenvalue weighted by Crippen LogP contribution is 2.26. The van der Waals surface area contributed by atoms with E-state index in [0.717, 1.165) is 62.4 Å². The summed E-state index contributed by atoms with van der Waals surface area (Å²) in [6.45, 7) is 11.7. The van der Waals surface area contributed by atoms with Crippen LogP contribution in [0.4, 0.5) is 0 Å². The minimum absolute atomic E-state index is 0.154. The molecule has 1 amide bonds. The van der Waals surface area contributed by atoms with E-state index in [4.69, 9.17) is 0 Å². The number of piperazine rings is 1. The van der Waals surface area contributed by atoms with Crippen molar-refractivity contribution in [3.8, 4) is 0 Å². The third-order valence-corrected chi connectivity index (χ3v) is 5.75. The monoisotopic (exact) mass is 333 g/mol. The Morgan fingerprint density at radius 1 is 1.17 bits per heavy atom. The molecule has 2 atom stereocenters. The Labute approximate surface area is 145 Å². The summed E-state index contributed by atoms with van der Waals surface area (Å²) in [6, 6.07) is 2.70. The van der Waals surface area contributed by atoms with Crippen LogP contribution in [0.3, 0.4) is 0 Å². The summed E-state index contributed by atoms with van der Waals surface area (Å²) >= 11 is 0.